The maximum absolute atomic E-state index is 6.05. The van der Waals surface area contributed by atoms with Crippen LogP contribution in [-0.4, -0.2) is 23.2 Å². The van der Waals surface area contributed by atoms with Crippen LogP contribution < -0.4 is 9.47 Å². The van der Waals surface area contributed by atoms with Gasteiger partial charge in [0.15, 0.2) is 5.75 Å². The highest BCUT2D eigenvalue weighted by atomic mass is 16.5. The van der Waals surface area contributed by atoms with Crippen LogP contribution >= 0.6 is 0 Å². The number of nitrogens with zero attached hydrogens (tertiary/aromatic N) is 2. The van der Waals surface area contributed by atoms with E-state index >= 15 is 0 Å². The quantitative estimate of drug-likeness (QED) is 0.268. The predicted molar refractivity (Wildman–Crippen MR) is 125 cm³/mol. The Morgan fingerprint density at radius 1 is 0.833 bits per heavy atom. The summed E-state index contributed by atoms with van der Waals surface area (Å²) in [7, 11) is 0. The molecule has 0 saturated heterocycles. The first-order chi connectivity index (χ1) is 14.7. The van der Waals surface area contributed by atoms with Crippen molar-refractivity contribution >= 4 is 0 Å². The van der Waals surface area contributed by atoms with Gasteiger partial charge in [0.2, 0.25) is 0 Å². The Bertz CT molecular complexity index is 691. The van der Waals surface area contributed by atoms with Gasteiger partial charge in [-0.2, -0.15) is 9.97 Å². The summed E-state index contributed by atoms with van der Waals surface area (Å²) in [6.07, 6.45) is 14.2. The van der Waals surface area contributed by atoms with Gasteiger partial charge in [-0.1, -0.05) is 102 Å². The Labute approximate surface area is 183 Å². The van der Waals surface area contributed by atoms with E-state index in [1.165, 1.54) is 57.8 Å². The van der Waals surface area contributed by atoms with Crippen molar-refractivity contribution in [2.75, 3.05) is 13.2 Å². The van der Waals surface area contributed by atoms with Crippen LogP contribution in [0.3, 0.4) is 0 Å². The fraction of sp³-hybridized carbons (Fsp3) is 0.615. The zero-order chi connectivity index (χ0) is 21.4. The van der Waals surface area contributed by atoms with Crippen LogP contribution in [0.5, 0.6) is 11.8 Å². The maximum Gasteiger partial charge on any atom is 0.317 e. The van der Waals surface area contributed by atoms with Gasteiger partial charge >= 0.3 is 6.01 Å². The van der Waals surface area contributed by atoms with Crippen molar-refractivity contribution < 1.29 is 9.47 Å². The van der Waals surface area contributed by atoms with Crippen molar-refractivity contribution in [3.8, 4) is 23.0 Å². The zero-order valence-electron chi connectivity index (χ0n) is 19.2. The number of unbranched alkanes of at least 4 members (excludes halogenated alkanes) is 7. The van der Waals surface area contributed by atoms with Crippen LogP contribution in [0.2, 0.25) is 0 Å². The second-order valence-corrected chi connectivity index (χ2v) is 8.26. The highest BCUT2D eigenvalue weighted by Gasteiger charge is 2.13. The second-order valence-electron chi connectivity index (χ2n) is 8.26. The van der Waals surface area contributed by atoms with Gasteiger partial charge in [-0.3, -0.25) is 0 Å². The molecule has 2 rings (SSSR count). The molecule has 0 amide bonds. The van der Waals surface area contributed by atoms with E-state index in [0.29, 0.717) is 25.1 Å². The fourth-order valence-electron chi connectivity index (χ4n) is 3.44. The topological polar surface area (TPSA) is 44.2 Å². The molecule has 1 atom stereocenters. The van der Waals surface area contributed by atoms with Gasteiger partial charge in [0.05, 0.1) is 19.4 Å². The Balaban J connectivity index is 1.95. The first kappa shape index (κ1) is 24.2. The van der Waals surface area contributed by atoms with Crippen LogP contribution in [0.25, 0.3) is 11.3 Å². The Hall–Kier alpha value is -2.10. The molecule has 0 aliphatic rings. The largest absolute Gasteiger partial charge is 0.490 e. The number of hydrogen-bond donors (Lipinski definition) is 0. The van der Waals surface area contributed by atoms with Crippen molar-refractivity contribution in [3.63, 3.8) is 0 Å². The third kappa shape index (κ3) is 9.15. The average Bonchev–Trinajstić information content (AvgIpc) is 2.78. The van der Waals surface area contributed by atoms with Gasteiger partial charge in [-0.15, -0.1) is 0 Å². The minimum atomic E-state index is 0.435. The third-order valence-corrected chi connectivity index (χ3v) is 5.33. The molecule has 1 aromatic carbocycles. The molecule has 166 valence electrons. The predicted octanol–water partition coefficient (Wildman–Crippen LogP) is 7.48. The molecule has 2 aromatic rings. The molecule has 0 aliphatic heterocycles. The fourth-order valence-corrected chi connectivity index (χ4v) is 3.44. The van der Waals surface area contributed by atoms with Gasteiger partial charge < -0.3 is 9.47 Å². The first-order valence-corrected chi connectivity index (χ1v) is 11.9. The van der Waals surface area contributed by atoms with Gasteiger partial charge in [0, 0.05) is 5.56 Å². The average molecular weight is 413 g/mol. The highest BCUT2D eigenvalue weighted by molar-refractivity contribution is 5.65. The lowest BCUT2D eigenvalue weighted by Gasteiger charge is -2.14. The lowest BCUT2D eigenvalue weighted by atomic mass is 10.0. The van der Waals surface area contributed by atoms with E-state index in [1.54, 1.807) is 6.20 Å². The Kier molecular flexibility index (Phi) is 11.9. The van der Waals surface area contributed by atoms with Crippen LogP contribution in [-0.2, 0) is 0 Å². The summed E-state index contributed by atoms with van der Waals surface area (Å²) in [6.45, 7) is 8.06. The lowest BCUT2D eigenvalue weighted by molar-refractivity contribution is 0.230. The molecule has 0 N–H and O–H groups in total. The van der Waals surface area contributed by atoms with Crippen molar-refractivity contribution in [1.82, 2.24) is 9.97 Å². The zero-order valence-corrected chi connectivity index (χ0v) is 19.2. The normalized spacial score (nSPS) is 12.0. The first-order valence-electron chi connectivity index (χ1n) is 11.9. The Morgan fingerprint density at radius 2 is 1.53 bits per heavy atom. The van der Waals surface area contributed by atoms with Crippen molar-refractivity contribution in [2.45, 2.75) is 85.0 Å². The molecule has 30 heavy (non-hydrogen) atoms. The molecule has 1 aromatic heterocycles. The van der Waals surface area contributed by atoms with E-state index in [-0.39, 0.29) is 0 Å². The molecular weight excluding hydrogens is 372 g/mol. The number of benzene rings is 1. The van der Waals surface area contributed by atoms with Crippen molar-refractivity contribution in [1.29, 1.82) is 0 Å². The standard InChI is InChI=1S/C26H40N2O2/c1-4-6-8-10-15-19-29-24-20-27-26(28-25(24)23-17-13-11-14-18-23)30-21-22(3)16-12-9-7-5-2/h11,13-14,17-18,20,22H,4-10,12,15-16,19,21H2,1-3H3. The molecular formula is C26H40N2O2. The van der Waals surface area contributed by atoms with Crippen LogP contribution in [0.4, 0.5) is 0 Å². The number of ether oxygens (including phenoxy) is 2. The van der Waals surface area contributed by atoms with E-state index in [0.717, 1.165) is 23.4 Å². The van der Waals surface area contributed by atoms with Crippen molar-refractivity contribution in [3.05, 3.63) is 36.5 Å². The van der Waals surface area contributed by atoms with Gasteiger partial charge in [-0.05, 0) is 18.8 Å². The monoisotopic (exact) mass is 412 g/mol. The molecule has 0 aliphatic carbocycles. The van der Waals surface area contributed by atoms with E-state index in [9.17, 15) is 0 Å². The van der Waals surface area contributed by atoms with Gasteiger partial charge in [0.1, 0.15) is 5.69 Å². The summed E-state index contributed by atoms with van der Waals surface area (Å²) < 4.78 is 12.0. The Morgan fingerprint density at radius 3 is 2.27 bits per heavy atom. The second kappa shape index (κ2) is 14.8. The molecule has 0 fully saturated rings. The molecule has 0 bridgehead atoms. The third-order valence-electron chi connectivity index (χ3n) is 5.33. The molecule has 0 saturated carbocycles. The van der Waals surface area contributed by atoms with Crippen LogP contribution in [0.15, 0.2) is 36.5 Å². The van der Waals surface area contributed by atoms with E-state index < -0.39 is 0 Å². The minimum Gasteiger partial charge on any atom is -0.490 e. The molecule has 0 radical (unpaired) electrons. The summed E-state index contributed by atoms with van der Waals surface area (Å²) in [4.78, 5) is 9.11. The van der Waals surface area contributed by atoms with E-state index in [4.69, 9.17) is 14.5 Å². The van der Waals surface area contributed by atoms with Crippen LogP contribution in [0, 0.1) is 5.92 Å². The highest BCUT2D eigenvalue weighted by Crippen LogP contribution is 2.29. The van der Waals surface area contributed by atoms with E-state index in [2.05, 4.69) is 37.9 Å². The smallest absolute Gasteiger partial charge is 0.317 e. The molecule has 1 heterocycles. The number of rotatable bonds is 16. The number of hydrogen-bond acceptors (Lipinski definition) is 4. The van der Waals surface area contributed by atoms with Gasteiger partial charge in [-0.25, -0.2) is 0 Å². The summed E-state index contributed by atoms with van der Waals surface area (Å²) in [5.74, 6) is 1.24. The number of aromatic nitrogens is 2. The molecule has 0 spiro atoms. The summed E-state index contributed by atoms with van der Waals surface area (Å²) in [6, 6.07) is 10.6. The van der Waals surface area contributed by atoms with Gasteiger partial charge in [0.25, 0.3) is 0 Å². The van der Waals surface area contributed by atoms with Crippen molar-refractivity contribution in [2.24, 2.45) is 5.92 Å². The summed E-state index contributed by atoms with van der Waals surface area (Å²) in [5.41, 5.74) is 1.84. The molecule has 1 unspecified atom stereocenters. The molecule has 4 nitrogen and oxygen atoms in total. The summed E-state index contributed by atoms with van der Waals surface area (Å²) in [5, 5.41) is 0. The SMILES string of the molecule is CCCCCCCOc1cnc(OCC(C)CCCCCC)nc1-c1ccccc1. The minimum absolute atomic E-state index is 0.435. The van der Waals surface area contributed by atoms with E-state index in [1.807, 2.05) is 18.2 Å². The lowest BCUT2D eigenvalue weighted by Crippen LogP contribution is -2.11. The molecule has 4 heteroatoms. The van der Waals surface area contributed by atoms with Crippen LogP contribution in [0.1, 0.15) is 85.0 Å². The maximum atomic E-state index is 6.05. The summed E-state index contributed by atoms with van der Waals surface area (Å²) >= 11 is 0.